The molecule has 6 heteroatoms. The third kappa shape index (κ3) is 5.19. The fourth-order valence-corrected chi connectivity index (χ4v) is 4.21. The van der Waals surface area contributed by atoms with Crippen molar-refractivity contribution in [2.45, 2.75) is 19.8 Å². The number of amides is 2. The number of nitrogens with two attached hydrogens (primary N) is 1. The molecule has 6 nitrogen and oxygen atoms in total. The Kier molecular flexibility index (Phi) is 7.46. The van der Waals surface area contributed by atoms with E-state index in [1.54, 1.807) is 7.11 Å². The van der Waals surface area contributed by atoms with Crippen molar-refractivity contribution in [2.24, 2.45) is 11.7 Å². The molecule has 3 rings (SSSR count). The Hall–Kier alpha value is -2.86. The second-order valence-electron chi connectivity index (χ2n) is 7.79. The summed E-state index contributed by atoms with van der Waals surface area (Å²) in [7, 11) is 1.67. The van der Waals surface area contributed by atoms with E-state index in [1.165, 1.54) is 0 Å². The second-order valence-corrected chi connectivity index (χ2v) is 7.79. The smallest absolute Gasteiger partial charge is 0.231 e. The third-order valence-corrected chi connectivity index (χ3v) is 5.58. The Morgan fingerprint density at radius 2 is 1.80 bits per heavy atom. The second kappa shape index (κ2) is 10.3. The molecular weight excluding hydrogens is 378 g/mol. The van der Waals surface area contributed by atoms with Gasteiger partial charge in [0.25, 0.3) is 0 Å². The van der Waals surface area contributed by atoms with E-state index >= 15 is 0 Å². The van der Waals surface area contributed by atoms with Crippen LogP contribution in [0.2, 0.25) is 0 Å². The molecule has 2 aromatic rings. The van der Waals surface area contributed by atoms with Crippen molar-refractivity contribution < 1.29 is 14.3 Å². The number of hydrogen-bond acceptors (Lipinski definition) is 4. The standard InChI is InChI=1S/C24H31N3O3/c1-3-12-27-14-13-26(17-23(25)28)16-19(24(27)29)15-18-8-4-5-9-20(18)21-10-6-7-11-22(21)30-2/h4-11,19H,3,12-17H2,1-2H3,(H2,25,28)/t19-/m1/s1. The molecule has 2 amide bonds. The Morgan fingerprint density at radius 1 is 1.10 bits per heavy atom. The predicted octanol–water partition coefficient (Wildman–Crippen LogP) is 2.56. The van der Waals surface area contributed by atoms with Gasteiger partial charge in [-0.1, -0.05) is 49.4 Å². The summed E-state index contributed by atoms with van der Waals surface area (Å²) in [6.45, 7) is 4.81. The van der Waals surface area contributed by atoms with Gasteiger partial charge in [0.05, 0.1) is 19.6 Å². The SMILES string of the molecule is CCCN1CCN(CC(N)=O)C[C@@H](Cc2ccccc2-c2ccccc2OC)C1=O. The molecule has 0 aromatic heterocycles. The zero-order valence-corrected chi connectivity index (χ0v) is 17.8. The molecule has 0 unspecified atom stereocenters. The summed E-state index contributed by atoms with van der Waals surface area (Å²) in [5, 5.41) is 0. The molecule has 1 saturated heterocycles. The number of carbonyl (C=O) groups is 2. The van der Waals surface area contributed by atoms with Crippen molar-refractivity contribution in [3.05, 3.63) is 54.1 Å². The fourth-order valence-electron chi connectivity index (χ4n) is 4.21. The summed E-state index contributed by atoms with van der Waals surface area (Å²) >= 11 is 0. The third-order valence-electron chi connectivity index (χ3n) is 5.58. The highest BCUT2D eigenvalue weighted by Crippen LogP contribution is 2.33. The van der Waals surface area contributed by atoms with Crippen LogP contribution >= 0.6 is 0 Å². The van der Waals surface area contributed by atoms with Gasteiger partial charge in [0.15, 0.2) is 0 Å². The molecule has 0 spiro atoms. The maximum Gasteiger partial charge on any atom is 0.231 e. The van der Waals surface area contributed by atoms with Crippen molar-refractivity contribution in [2.75, 3.05) is 39.8 Å². The number of carbonyl (C=O) groups excluding carboxylic acids is 2. The van der Waals surface area contributed by atoms with Crippen molar-refractivity contribution in [3.63, 3.8) is 0 Å². The molecule has 1 atom stereocenters. The summed E-state index contributed by atoms with van der Waals surface area (Å²) in [5.74, 6) is 0.368. The van der Waals surface area contributed by atoms with E-state index in [0.29, 0.717) is 26.1 Å². The lowest BCUT2D eigenvalue weighted by atomic mass is 9.91. The fraction of sp³-hybridized carbons (Fsp3) is 0.417. The maximum absolute atomic E-state index is 13.3. The van der Waals surface area contributed by atoms with Gasteiger partial charge in [0, 0.05) is 31.7 Å². The van der Waals surface area contributed by atoms with Crippen LogP contribution in [0.15, 0.2) is 48.5 Å². The van der Waals surface area contributed by atoms with E-state index in [4.69, 9.17) is 10.5 Å². The molecule has 1 heterocycles. The summed E-state index contributed by atoms with van der Waals surface area (Å²) in [5.41, 5.74) is 8.61. The minimum atomic E-state index is -0.362. The van der Waals surface area contributed by atoms with Crippen molar-refractivity contribution in [1.29, 1.82) is 0 Å². The summed E-state index contributed by atoms with van der Waals surface area (Å²) in [6.07, 6.45) is 1.51. The number of primary amides is 1. The van der Waals surface area contributed by atoms with E-state index in [9.17, 15) is 9.59 Å². The van der Waals surface area contributed by atoms with Crippen LogP contribution in [0.5, 0.6) is 5.75 Å². The number of hydrogen-bond donors (Lipinski definition) is 1. The molecule has 1 fully saturated rings. The van der Waals surface area contributed by atoms with E-state index in [2.05, 4.69) is 19.1 Å². The van der Waals surface area contributed by atoms with Crippen molar-refractivity contribution in [1.82, 2.24) is 9.80 Å². The molecule has 2 N–H and O–H groups in total. The molecular formula is C24H31N3O3. The van der Waals surface area contributed by atoms with Gasteiger partial charge in [-0.05, 0) is 30.0 Å². The van der Waals surface area contributed by atoms with Crippen LogP contribution in [0.3, 0.4) is 0 Å². The van der Waals surface area contributed by atoms with Crippen molar-refractivity contribution >= 4 is 11.8 Å². The van der Waals surface area contributed by atoms with Gasteiger partial charge in [-0.15, -0.1) is 0 Å². The molecule has 0 radical (unpaired) electrons. The minimum absolute atomic E-state index is 0.152. The Labute approximate surface area is 178 Å². The molecule has 0 aliphatic carbocycles. The minimum Gasteiger partial charge on any atom is -0.496 e. The Morgan fingerprint density at radius 3 is 2.50 bits per heavy atom. The molecule has 0 bridgehead atoms. The molecule has 30 heavy (non-hydrogen) atoms. The summed E-state index contributed by atoms with van der Waals surface area (Å²) in [4.78, 5) is 28.7. The number of nitrogens with zero attached hydrogens (tertiary/aromatic N) is 2. The average Bonchev–Trinajstić information content (AvgIpc) is 2.88. The highest BCUT2D eigenvalue weighted by atomic mass is 16.5. The topological polar surface area (TPSA) is 75.9 Å². The lowest BCUT2D eigenvalue weighted by Gasteiger charge is -2.24. The van der Waals surface area contributed by atoms with Crippen LogP contribution in [0.25, 0.3) is 11.1 Å². The zero-order valence-electron chi connectivity index (χ0n) is 17.8. The largest absolute Gasteiger partial charge is 0.496 e. The van der Waals surface area contributed by atoms with Gasteiger partial charge in [-0.2, -0.15) is 0 Å². The highest BCUT2D eigenvalue weighted by Gasteiger charge is 2.31. The van der Waals surface area contributed by atoms with Gasteiger partial charge in [0.1, 0.15) is 5.75 Å². The van der Waals surface area contributed by atoms with Gasteiger partial charge in [0.2, 0.25) is 11.8 Å². The van der Waals surface area contributed by atoms with Crippen LogP contribution < -0.4 is 10.5 Å². The van der Waals surface area contributed by atoms with Gasteiger partial charge in [-0.25, -0.2) is 0 Å². The lowest BCUT2D eigenvalue weighted by Crippen LogP contribution is -2.38. The van der Waals surface area contributed by atoms with Gasteiger partial charge in [-0.3, -0.25) is 14.5 Å². The number of ether oxygens (including phenoxy) is 1. The van der Waals surface area contributed by atoms with Crippen LogP contribution in [0, 0.1) is 5.92 Å². The van der Waals surface area contributed by atoms with E-state index in [1.807, 2.05) is 46.2 Å². The molecule has 0 saturated carbocycles. The summed E-state index contributed by atoms with van der Waals surface area (Å²) < 4.78 is 5.56. The van der Waals surface area contributed by atoms with Gasteiger partial charge >= 0.3 is 0 Å². The first-order chi connectivity index (χ1) is 14.5. The number of benzene rings is 2. The van der Waals surface area contributed by atoms with E-state index in [0.717, 1.165) is 35.4 Å². The highest BCUT2D eigenvalue weighted by molar-refractivity contribution is 5.81. The quantitative estimate of drug-likeness (QED) is 0.727. The molecule has 160 valence electrons. The number of methoxy groups -OCH3 is 1. The first-order valence-corrected chi connectivity index (χ1v) is 10.5. The van der Waals surface area contributed by atoms with Crippen LogP contribution in [-0.2, 0) is 16.0 Å². The number of para-hydroxylation sites is 1. The Balaban J connectivity index is 1.92. The summed E-state index contributed by atoms with van der Waals surface area (Å²) in [6, 6.07) is 16.1. The van der Waals surface area contributed by atoms with Crippen LogP contribution in [-0.4, -0.2) is 61.4 Å². The number of rotatable bonds is 8. The predicted molar refractivity (Wildman–Crippen MR) is 118 cm³/mol. The molecule has 1 aliphatic rings. The van der Waals surface area contributed by atoms with E-state index in [-0.39, 0.29) is 24.3 Å². The monoisotopic (exact) mass is 409 g/mol. The average molecular weight is 410 g/mol. The lowest BCUT2D eigenvalue weighted by molar-refractivity contribution is -0.134. The van der Waals surface area contributed by atoms with Crippen LogP contribution in [0.1, 0.15) is 18.9 Å². The first-order valence-electron chi connectivity index (χ1n) is 10.5. The van der Waals surface area contributed by atoms with E-state index < -0.39 is 0 Å². The van der Waals surface area contributed by atoms with Gasteiger partial charge < -0.3 is 15.4 Å². The zero-order chi connectivity index (χ0) is 21.5. The maximum atomic E-state index is 13.3. The van der Waals surface area contributed by atoms with Crippen molar-refractivity contribution in [3.8, 4) is 16.9 Å². The molecule has 1 aliphatic heterocycles. The Bertz CT molecular complexity index is 884. The van der Waals surface area contributed by atoms with Crippen LogP contribution in [0.4, 0.5) is 0 Å². The first kappa shape index (κ1) is 21.8. The molecule has 2 aromatic carbocycles. The normalized spacial score (nSPS) is 17.6.